The van der Waals surface area contributed by atoms with E-state index in [0.717, 1.165) is 12.2 Å². The molecule has 0 aliphatic carbocycles. The Morgan fingerprint density at radius 1 is 1.35 bits per heavy atom. The van der Waals surface area contributed by atoms with E-state index in [1.54, 1.807) is 6.07 Å². The van der Waals surface area contributed by atoms with Gasteiger partial charge >= 0.3 is 5.69 Å². The molecule has 0 atom stereocenters. The molecule has 1 N–H and O–H groups in total. The van der Waals surface area contributed by atoms with Gasteiger partial charge in [0.1, 0.15) is 0 Å². The van der Waals surface area contributed by atoms with Crippen molar-refractivity contribution >= 4 is 5.69 Å². The zero-order valence-corrected chi connectivity index (χ0v) is 11.2. The fourth-order valence-corrected chi connectivity index (χ4v) is 2.03. The number of hydrogen-bond acceptors (Lipinski definition) is 3. The van der Waals surface area contributed by atoms with Crippen LogP contribution in [-0.2, 0) is 13.1 Å². The summed E-state index contributed by atoms with van der Waals surface area (Å²) in [5.41, 5.74) is 0.841. The predicted octanol–water partition coefficient (Wildman–Crippen LogP) is 2.69. The standard InChI is InChI=1S/C14H16FN3O2/c1-2-16-9-12-6-4-8-17(12)10-11-5-3-7-13(14(11)15)18(19)20/h3-8,16H,2,9-10H2,1H3. The number of nitro benzene ring substituents is 1. The minimum Gasteiger partial charge on any atom is -0.346 e. The number of rotatable bonds is 6. The fourth-order valence-electron chi connectivity index (χ4n) is 2.03. The summed E-state index contributed by atoms with van der Waals surface area (Å²) in [7, 11) is 0. The minimum atomic E-state index is -0.763. The Hall–Kier alpha value is -2.21. The number of nitrogens with one attached hydrogen (secondary N) is 1. The maximum Gasteiger partial charge on any atom is 0.305 e. The molecule has 0 unspecified atom stereocenters. The monoisotopic (exact) mass is 277 g/mol. The molecule has 6 heteroatoms. The maximum atomic E-state index is 14.0. The van der Waals surface area contributed by atoms with Gasteiger partial charge in [-0.1, -0.05) is 19.1 Å². The number of halogens is 1. The lowest BCUT2D eigenvalue weighted by atomic mass is 10.2. The van der Waals surface area contributed by atoms with Crippen LogP contribution in [-0.4, -0.2) is 16.0 Å². The van der Waals surface area contributed by atoms with Crippen molar-refractivity contribution in [2.75, 3.05) is 6.54 Å². The van der Waals surface area contributed by atoms with Gasteiger partial charge in [0, 0.05) is 30.1 Å². The average Bonchev–Trinajstić information content (AvgIpc) is 2.85. The van der Waals surface area contributed by atoms with Gasteiger partial charge in [0.25, 0.3) is 0 Å². The zero-order chi connectivity index (χ0) is 14.5. The van der Waals surface area contributed by atoms with Gasteiger partial charge in [0.2, 0.25) is 5.82 Å². The highest BCUT2D eigenvalue weighted by molar-refractivity contribution is 5.37. The minimum absolute atomic E-state index is 0.279. The number of hydrogen-bond donors (Lipinski definition) is 1. The lowest BCUT2D eigenvalue weighted by Gasteiger charge is -2.10. The first-order chi connectivity index (χ1) is 9.63. The van der Waals surface area contributed by atoms with E-state index in [9.17, 15) is 14.5 Å². The third kappa shape index (κ3) is 3.03. The first-order valence-corrected chi connectivity index (χ1v) is 6.40. The van der Waals surface area contributed by atoms with Gasteiger partial charge in [-0.25, -0.2) is 0 Å². The van der Waals surface area contributed by atoms with E-state index < -0.39 is 16.4 Å². The Kier molecular flexibility index (Phi) is 4.47. The van der Waals surface area contributed by atoms with E-state index in [0.29, 0.717) is 12.1 Å². The predicted molar refractivity (Wildman–Crippen MR) is 74.0 cm³/mol. The number of aromatic nitrogens is 1. The molecule has 0 saturated carbocycles. The normalized spacial score (nSPS) is 10.7. The van der Waals surface area contributed by atoms with Gasteiger partial charge in [-0.2, -0.15) is 4.39 Å². The molecular formula is C14H16FN3O2. The summed E-state index contributed by atoms with van der Waals surface area (Å²) in [6, 6.07) is 8.07. The second-order valence-corrected chi connectivity index (χ2v) is 4.42. The number of nitro groups is 1. The largest absolute Gasteiger partial charge is 0.346 e. The first kappa shape index (κ1) is 14.2. The van der Waals surface area contributed by atoms with Crippen LogP contribution in [0, 0.1) is 15.9 Å². The lowest BCUT2D eigenvalue weighted by Crippen LogP contribution is -2.16. The molecule has 0 aliphatic rings. The molecule has 0 spiro atoms. The summed E-state index contributed by atoms with van der Waals surface area (Å²) in [4.78, 5) is 10.0. The molecule has 0 bridgehead atoms. The average molecular weight is 277 g/mol. The highest BCUT2D eigenvalue weighted by Crippen LogP contribution is 2.21. The molecule has 5 nitrogen and oxygen atoms in total. The van der Waals surface area contributed by atoms with Crippen molar-refractivity contribution in [2.45, 2.75) is 20.0 Å². The number of benzene rings is 1. The Morgan fingerprint density at radius 2 is 2.15 bits per heavy atom. The molecule has 1 aromatic carbocycles. The van der Waals surface area contributed by atoms with Gasteiger partial charge in [-0.05, 0) is 18.7 Å². The van der Waals surface area contributed by atoms with Crippen LogP contribution in [0.1, 0.15) is 18.2 Å². The third-order valence-electron chi connectivity index (χ3n) is 3.08. The van der Waals surface area contributed by atoms with Crippen molar-refractivity contribution in [1.82, 2.24) is 9.88 Å². The molecular weight excluding hydrogens is 261 g/mol. The molecule has 106 valence electrons. The lowest BCUT2D eigenvalue weighted by molar-refractivity contribution is -0.387. The van der Waals surface area contributed by atoms with Gasteiger partial charge in [0.15, 0.2) is 0 Å². The van der Waals surface area contributed by atoms with Crippen molar-refractivity contribution < 1.29 is 9.31 Å². The molecule has 2 aromatic rings. The smallest absolute Gasteiger partial charge is 0.305 e. The van der Waals surface area contributed by atoms with Crippen LogP contribution in [0.25, 0.3) is 0 Å². The Bertz CT molecular complexity index is 610. The van der Waals surface area contributed by atoms with Gasteiger partial charge in [-0.3, -0.25) is 10.1 Å². The molecule has 0 radical (unpaired) electrons. The van der Waals surface area contributed by atoms with E-state index in [1.165, 1.54) is 12.1 Å². The topological polar surface area (TPSA) is 60.1 Å². The summed E-state index contributed by atoms with van der Waals surface area (Å²) in [5, 5.41) is 13.9. The SMILES string of the molecule is CCNCc1cccn1Cc1cccc([N+](=O)[O-])c1F. The molecule has 20 heavy (non-hydrogen) atoms. The summed E-state index contributed by atoms with van der Waals surface area (Å²) < 4.78 is 15.9. The van der Waals surface area contributed by atoms with Crippen LogP contribution < -0.4 is 5.32 Å². The fraction of sp³-hybridized carbons (Fsp3) is 0.286. The van der Waals surface area contributed by atoms with Crippen LogP contribution in [0.2, 0.25) is 0 Å². The van der Waals surface area contributed by atoms with Crippen molar-refractivity contribution in [3.63, 3.8) is 0 Å². The summed E-state index contributed by atoms with van der Waals surface area (Å²) in [6.07, 6.45) is 1.84. The van der Waals surface area contributed by atoms with Crippen LogP contribution in [0.4, 0.5) is 10.1 Å². The molecule has 2 rings (SSSR count). The van der Waals surface area contributed by atoms with E-state index in [-0.39, 0.29) is 6.54 Å². The molecule has 1 heterocycles. The number of nitrogens with zero attached hydrogens (tertiary/aromatic N) is 2. The van der Waals surface area contributed by atoms with Crippen molar-refractivity contribution in [2.24, 2.45) is 0 Å². The van der Waals surface area contributed by atoms with Crippen LogP contribution in [0.3, 0.4) is 0 Å². The van der Waals surface area contributed by atoms with Crippen molar-refractivity contribution in [1.29, 1.82) is 0 Å². The zero-order valence-electron chi connectivity index (χ0n) is 11.2. The highest BCUT2D eigenvalue weighted by Gasteiger charge is 2.17. The molecule has 0 saturated heterocycles. The molecule has 0 amide bonds. The van der Waals surface area contributed by atoms with Crippen LogP contribution >= 0.6 is 0 Å². The molecule has 0 aliphatic heterocycles. The Morgan fingerprint density at radius 3 is 2.85 bits per heavy atom. The maximum absolute atomic E-state index is 14.0. The molecule has 1 aromatic heterocycles. The quantitative estimate of drug-likeness (QED) is 0.652. The van der Waals surface area contributed by atoms with Crippen LogP contribution in [0.15, 0.2) is 36.5 Å². The van der Waals surface area contributed by atoms with Crippen LogP contribution in [0.5, 0.6) is 0 Å². The molecule has 0 fully saturated rings. The first-order valence-electron chi connectivity index (χ1n) is 6.40. The highest BCUT2D eigenvalue weighted by atomic mass is 19.1. The Balaban J connectivity index is 2.24. The van der Waals surface area contributed by atoms with E-state index in [2.05, 4.69) is 5.32 Å². The second kappa shape index (κ2) is 6.29. The van der Waals surface area contributed by atoms with E-state index >= 15 is 0 Å². The van der Waals surface area contributed by atoms with E-state index in [1.807, 2.05) is 29.8 Å². The van der Waals surface area contributed by atoms with Gasteiger partial charge in [-0.15, -0.1) is 0 Å². The van der Waals surface area contributed by atoms with Gasteiger partial charge in [0.05, 0.1) is 11.5 Å². The Labute approximate surface area is 116 Å². The van der Waals surface area contributed by atoms with Crippen molar-refractivity contribution in [3.05, 3.63) is 63.7 Å². The van der Waals surface area contributed by atoms with Gasteiger partial charge < -0.3 is 9.88 Å². The third-order valence-corrected chi connectivity index (χ3v) is 3.08. The summed E-state index contributed by atoms with van der Waals surface area (Å²) in [5.74, 6) is -0.763. The van der Waals surface area contributed by atoms with Crippen molar-refractivity contribution in [3.8, 4) is 0 Å². The van der Waals surface area contributed by atoms with E-state index in [4.69, 9.17) is 0 Å². The second-order valence-electron chi connectivity index (χ2n) is 4.42. The summed E-state index contributed by atoms with van der Waals surface area (Å²) in [6.45, 7) is 3.81. The summed E-state index contributed by atoms with van der Waals surface area (Å²) >= 11 is 0.